The first kappa shape index (κ1) is 10.8. The molecule has 0 unspecified atom stereocenters. The summed E-state index contributed by atoms with van der Waals surface area (Å²) in [6.45, 7) is 0.130. The van der Waals surface area contributed by atoms with Crippen molar-refractivity contribution in [3.8, 4) is 17.1 Å². The Morgan fingerprint density at radius 1 is 1.31 bits per heavy atom. The quantitative estimate of drug-likeness (QED) is 0.857. The highest BCUT2D eigenvalue weighted by Crippen LogP contribution is 2.30. The zero-order chi connectivity index (χ0) is 11.4. The van der Waals surface area contributed by atoms with Crippen LogP contribution in [-0.4, -0.2) is 18.8 Å². The van der Waals surface area contributed by atoms with Gasteiger partial charge in [-0.15, -0.1) is 0 Å². The number of methoxy groups -OCH3 is 1. The SMILES string of the molecule is COc1ccccc1-c1cc(CCO)co1. The minimum atomic E-state index is 0.130. The molecule has 1 aromatic heterocycles. The molecular formula is C13H14O3. The van der Waals surface area contributed by atoms with Crippen molar-refractivity contribution in [2.24, 2.45) is 0 Å². The van der Waals surface area contributed by atoms with Gasteiger partial charge in [0, 0.05) is 6.61 Å². The standard InChI is InChI=1S/C13H14O3/c1-15-12-5-3-2-4-11(12)13-8-10(6-7-14)9-16-13/h2-5,8-9,14H,6-7H2,1H3. The van der Waals surface area contributed by atoms with Crippen LogP contribution in [0.3, 0.4) is 0 Å². The van der Waals surface area contributed by atoms with Gasteiger partial charge in [0.1, 0.15) is 11.5 Å². The number of furan rings is 1. The predicted octanol–water partition coefficient (Wildman–Crippen LogP) is 2.49. The van der Waals surface area contributed by atoms with E-state index in [1.54, 1.807) is 13.4 Å². The Morgan fingerprint density at radius 2 is 2.12 bits per heavy atom. The summed E-state index contributed by atoms with van der Waals surface area (Å²) in [5.41, 5.74) is 1.91. The molecule has 0 aliphatic heterocycles. The molecule has 1 heterocycles. The second kappa shape index (κ2) is 4.86. The lowest BCUT2D eigenvalue weighted by atomic mass is 10.1. The van der Waals surface area contributed by atoms with E-state index in [4.69, 9.17) is 14.3 Å². The van der Waals surface area contributed by atoms with Crippen molar-refractivity contribution in [3.63, 3.8) is 0 Å². The molecule has 0 aliphatic carbocycles. The van der Waals surface area contributed by atoms with Crippen LogP contribution in [0.4, 0.5) is 0 Å². The van der Waals surface area contributed by atoms with Crippen LogP contribution in [0.15, 0.2) is 41.0 Å². The Hall–Kier alpha value is -1.74. The molecule has 16 heavy (non-hydrogen) atoms. The number of rotatable bonds is 4. The number of hydrogen-bond donors (Lipinski definition) is 1. The van der Waals surface area contributed by atoms with E-state index in [0.29, 0.717) is 6.42 Å². The average Bonchev–Trinajstić information content (AvgIpc) is 2.78. The number of hydrogen-bond acceptors (Lipinski definition) is 3. The molecule has 2 rings (SSSR count). The van der Waals surface area contributed by atoms with Crippen molar-refractivity contribution in [2.45, 2.75) is 6.42 Å². The van der Waals surface area contributed by atoms with Crippen LogP contribution in [-0.2, 0) is 6.42 Å². The second-order valence-electron chi connectivity index (χ2n) is 3.49. The summed E-state index contributed by atoms with van der Waals surface area (Å²) in [5, 5.41) is 8.83. The average molecular weight is 218 g/mol. The first-order valence-electron chi connectivity index (χ1n) is 5.17. The van der Waals surface area contributed by atoms with Gasteiger partial charge in [0.05, 0.1) is 18.9 Å². The molecule has 0 bridgehead atoms. The number of aliphatic hydroxyl groups excluding tert-OH is 1. The maximum Gasteiger partial charge on any atom is 0.137 e. The summed E-state index contributed by atoms with van der Waals surface area (Å²) < 4.78 is 10.7. The molecular weight excluding hydrogens is 204 g/mol. The van der Waals surface area contributed by atoms with Gasteiger partial charge in [-0.25, -0.2) is 0 Å². The van der Waals surface area contributed by atoms with E-state index < -0.39 is 0 Å². The van der Waals surface area contributed by atoms with Crippen LogP contribution in [0.25, 0.3) is 11.3 Å². The van der Waals surface area contributed by atoms with E-state index in [0.717, 1.165) is 22.6 Å². The lowest BCUT2D eigenvalue weighted by Crippen LogP contribution is -1.87. The normalized spacial score (nSPS) is 10.4. The molecule has 3 heteroatoms. The zero-order valence-electron chi connectivity index (χ0n) is 9.14. The Kier molecular flexibility index (Phi) is 3.27. The highest BCUT2D eigenvalue weighted by Gasteiger charge is 2.09. The molecule has 1 aromatic carbocycles. The van der Waals surface area contributed by atoms with Gasteiger partial charge in [-0.1, -0.05) is 12.1 Å². The highest BCUT2D eigenvalue weighted by atomic mass is 16.5. The van der Waals surface area contributed by atoms with Gasteiger partial charge in [-0.3, -0.25) is 0 Å². The van der Waals surface area contributed by atoms with Crippen LogP contribution in [0.1, 0.15) is 5.56 Å². The summed E-state index contributed by atoms with van der Waals surface area (Å²) in [6.07, 6.45) is 2.27. The van der Waals surface area contributed by atoms with Crippen LogP contribution in [0, 0.1) is 0 Å². The Bertz CT molecular complexity index is 460. The topological polar surface area (TPSA) is 42.6 Å². The summed E-state index contributed by atoms with van der Waals surface area (Å²) in [5.74, 6) is 1.55. The van der Waals surface area contributed by atoms with E-state index in [1.165, 1.54) is 0 Å². The molecule has 0 spiro atoms. The van der Waals surface area contributed by atoms with Crippen molar-refractivity contribution in [1.82, 2.24) is 0 Å². The Balaban J connectivity index is 2.34. The van der Waals surface area contributed by atoms with Crippen molar-refractivity contribution < 1.29 is 14.3 Å². The predicted molar refractivity (Wildman–Crippen MR) is 61.5 cm³/mol. The maximum absolute atomic E-state index is 8.83. The van der Waals surface area contributed by atoms with E-state index in [2.05, 4.69) is 0 Å². The van der Waals surface area contributed by atoms with Gasteiger partial charge >= 0.3 is 0 Å². The molecule has 3 nitrogen and oxygen atoms in total. The third kappa shape index (κ3) is 2.09. The Morgan fingerprint density at radius 3 is 2.88 bits per heavy atom. The van der Waals surface area contributed by atoms with Gasteiger partial charge in [0.15, 0.2) is 0 Å². The van der Waals surface area contributed by atoms with Crippen molar-refractivity contribution in [1.29, 1.82) is 0 Å². The number of aliphatic hydroxyl groups is 1. The zero-order valence-corrected chi connectivity index (χ0v) is 9.14. The monoisotopic (exact) mass is 218 g/mol. The van der Waals surface area contributed by atoms with E-state index in [9.17, 15) is 0 Å². The van der Waals surface area contributed by atoms with Crippen LogP contribution < -0.4 is 4.74 Å². The molecule has 0 aliphatic rings. The number of para-hydroxylation sites is 1. The summed E-state index contributed by atoms with van der Waals surface area (Å²) >= 11 is 0. The van der Waals surface area contributed by atoms with Gasteiger partial charge in [0.25, 0.3) is 0 Å². The second-order valence-corrected chi connectivity index (χ2v) is 3.49. The highest BCUT2D eigenvalue weighted by molar-refractivity contribution is 5.66. The van der Waals surface area contributed by atoms with Crippen molar-refractivity contribution >= 4 is 0 Å². The lowest BCUT2D eigenvalue weighted by molar-refractivity contribution is 0.299. The minimum absolute atomic E-state index is 0.130. The summed E-state index contributed by atoms with van der Waals surface area (Å²) in [6, 6.07) is 9.62. The first-order valence-corrected chi connectivity index (χ1v) is 5.17. The molecule has 84 valence electrons. The molecule has 0 saturated heterocycles. The molecule has 0 saturated carbocycles. The third-order valence-corrected chi connectivity index (χ3v) is 2.43. The van der Waals surface area contributed by atoms with E-state index >= 15 is 0 Å². The largest absolute Gasteiger partial charge is 0.496 e. The van der Waals surface area contributed by atoms with Gasteiger partial charge in [-0.05, 0) is 30.2 Å². The smallest absolute Gasteiger partial charge is 0.137 e. The number of ether oxygens (including phenoxy) is 1. The summed E-state index contributed by atoms with van der Waals surface area (Å²) in [7, 11) is 1.64. The molecule has 0 atom stereocenters. The molecule has 0 fully saturated rings. The lowest BCUT2D eigenvalue weighted by Gasteiger charge is -2.04. The van der Waals surface area contributed by atoms with Crippen LogP contribution in [0.5, 0.6) is 5.75 Å². The van der Waals surface area contributed by atoms with Crippen molar-refractivity contribution in [2.75, 3.05) is 13.7 Å². The molecule has 2 aromatic rings. The van der Waals surface area contributed by atoms with E-state index in [1.807, 2.05) is 30.3 Å². The molecule has 1 N–H and O–H groups in total. The molecule has 0 radical (unpaired) electrons. The van der Waals surface area contributed by atoms with Crippen LogP contribution >= 0.6 is 0 Å². The van der Waals surface area contributed by atoms with Crippen molar-refractivity contribution in [3.05, 3.63) is 42.2 Å². The third-order valence-electron chi connectivity index (χ3n) is 2.43. The van der Waals surface area contributed by atoms with Gasteiger partial charge in [-0.2, -0.15) is 0 Å². The fourth-order valence-corrected chi connectivity index (χ4v) is 1.63. The number of benzene rings is 1. The fourth-order valence-electron chi connectivity index (χ4n) is 1.63. The van der Waals surface area contributed by atoms with Gasteiger partial charge in [0.2, 0.25) is 0 Å². The van der Waals surface area contributed by atoms with E-state index in [-0.39, 0.29) is 6.61 Å². The summed E-state index contributed by atoms with van der Waals surface area (Å²) in [4.78, 5) is 0. The Labute approximate surface area is 94.3 Å². The van der Waals surface area contributed by atoms with Crippen LogP contribution in [0.2, 0.25) is 0 Å². The fraction of sp³-hybridized carbons (Fsp3) is 0.231. The molecule has 0 amide bonds. The van der Waals surface area contributed by atoms with Gasteiger partial charge < -0.3 is 14.3 Å². The first-order chi connectivity index (χ1) is 7.85. The maximum atomic E-state index is 8.83. The minimum Gasteiger partial charge on any atom is -0.496 e.